The number of amides is 2. The molecule has 0 aliphatic heterocycles. The molecule has 1 aliphatic rings. The Morgan fingerprint density at radius 1 is 1.22 bits per heavy atom. The maximum Gasteiger partial charge on any atom is 0.239 e. The van der Waals surface area contributed by atoms with Gasteiger partial charge in [0.15, 0.2) is 0 Å². The molecule has 1 saturated carbocycles. The Hall–Kier alpha value is -1.10. The van der Waals surface area contributed by atoms with Crippen LogP contribution in [-0.4, -0.2) is 29.9 Å². The molecule has 18 heavy (non-hydrogen) atoms. The standard InChI is InChI=1S/C13H25N3O2/c1-4-15-13(2,3)12(18)16-10-7-5-9(6-8-10)11(14)17/h9-10,15H,4-8H2,1-3H3,(H2,14,17)(H,16,18). The summed E-state index contributed by atoms with van der Waals surface area (Å²) in [4.78, 5) is 23.1. The number of hydrogen-bond donors (Lipinski definition) is 3. The van der Waals surface area contributed by atoms with Crippen molar-refractivity contribution in [3.8, 4) is 0 Å². The highest BCUT2D eigenvalue weighted by molar-refractivity contribution is 5.85. The van der Waals surface area contributed by atoms with Gasteiger partial charge in [-0.05, 0) is 46.1 Å². The number of nitrogens with one attached hydrogen (secondary N) is 2. The predicted molar refractivity (Wildman–Crippen MR) is 70.8 cm³/mol. The lowest BCUT2D eigenvalue weighted by atomic mass is 9.85. The van der Waals surface area contributed by atoms with Crippen LogP contribution in [-0.2, 0) is 9.59 Å². The molecule has 0 spiro atoms. The van der Waals surface area contributed by atoms with Gasteiger partial charge in [0.1, 0.15) is 0 Å². The van der Waals surface area contributed by atoms with Crippen molar-refractivity contribution in [3.05, 3.63) is 0 Å². The quantitative estimate of drug-likeness (QED) is 0.670. The van der Waals surface area contributed by atoms with Crippen molar-refractivity contribution in [1.82, 2.24) is 10.6 Å². The minimum atomic E-state index is -0.546. The van der Waals surface area contributed by atoms with Crippen LogP contribution >= 0.6 is 0 Å². The van der Waals surface area contributed by atoms with E-state index in [0.29, 0.717) is 0 Å². The minimum Gasteiger partial charge on any atom is -0.369 e. The van der Waals surface area contributed by atoms with Gasteiger partial charge < -0.3 is 16.4 Å². The zero-order valence-electron chi connectivity index (χ0n) is 11.6. The van der Waals surface area contributed by atoms with Crippen LogP contribution in [0.25, 0.3) is 0 Å². The van der Waals surface area contributed by atoms with Gasteiger partial charge in [-0.25, -0.2) is 0 Å². The molecule has 0 aromatic heterocycles. The van der Waals surface area contributed by atoms with Crippen molar-refractivity contribution >= 4 is 11.8 Å². The van der Waals surface area contributed by atoms with Gasteiger partial charge in [-0.3, -0.25) is 9.59 Å². The Labute approximate surface area is 109 Å². The third kappa shape index (κ3) is 3.98. The summed E-state index contributed by atoms with van der Waals surface area (Å²) in [6.45, 7) is 6.49. The summed E-state index contributed by atoms with van der Waals surface area (Å²) in [6, 6.07) is 0.172. The lowest BCUT2D eigenvalue weighted by Gasteiger charge is -2.31. The molecule has 2 amide bonds. The zero-order chi connectivity index (χ0) is 13.8. The minimum absolute atomic E-state index is 0.0140. The van der Waals surface area contributed by atoms with E-state index in [2.05, 4.69) is 10.6 Å². The van der Waals surface area contributed by atoms with Crippen LogP contribution in [0, 0.1) is 5.92 Å². The first-order chi connectivity index (χ1) is 8.36. The molecular weight excluding hydrogens is 230 g/mol. The summed E-state index contributed by atoms with van der Waals surface area (Å²) >= 11 is 0. The fraction of sp³-hybridized carbons (Fsp3) is 0.846. The molecule has 104 valence electrons. The van der Waals surface area contributed by atoms with Crippen LogP contribution in [0.2, 0.25) is 0 Å². The lowest BCUT2D eigenvalue weighted by Crippen LogP contribution is -2.55. The molecule has 0 radical (unpaired) electrons. The molecule has 0 atom stereocenters. The molecular formula is C13H25N3O2. The molecule has 0 saturated heterocycles. The average molecular weight is 255 g/mol. The van der Waals surface area contributed by atoms with Crippen LogP contribution in [0.4, 0.5) is 0 Å². The largest absolute Gasteiger partial charge is 0.369 e. The maximum atomic E-state index is 12.1. The van der Waals surface area contributed by atoms with Crippen LogP contribution < -0.4 is 16.4 Å². The SMILES string of the molecule is CCNC(C)(C)C(=O)NC1CCC(C(N)=O)CC1. The van der Waals surface area contributed by atoms with Crippen molar-refractivity contribution in [1.29, 1.82) is 0 Å². The van der Waals surface area contributed by atoms with Gasteiger partial charge in [0.05, 0.1) is 5.54 Å². The number of hydrogen-bond acceptors (Lipinski definition) is 3. The molecule has 4 N–H and O–H groups in total. The normalized spacial score (nSPS) is 24.6. The van der Waals surface area contributed by atoms with Crippen LogP contribution in [0.5, 0.6) is 0 Å². The van der Waals surface area contributed by atoms with Crippen molar-refractivity contribution in [2.75, 3.05) is 6.54 Å². The predicted octanol–water partition coefficient (Wildman–Crippen LogP) is 0.535. The smallest absolute Gasteiger partial charge is 0.239 e. The topological polar surface area (TPSA) is 84.2 Å². The van der Waals surface area contributed by atoms with Gasteiger partial charge in [0.25, 0.3) is 0 Å². The van der Waals surface area contributed by atoms with Crippen molar-refractivity contribution < 1.29 is 9.59 Å². The van der Waals surface area contributed by atoms with Crippen molar-refractivity contribution in [3.63, 3.8) is 0 Å². The van der Waals surface area contributed by atoms with Gasteiger partial charge in [-0.2, -0.15) is 0 Å². The lowest BCUT2D eigenvalue weighted by molar-refractivity contribution is -0.127. The second-order valence-corrected chi connectivity index (χ2v) is 5.58. The van der Waals surface area contributed by atoms with E-state index in [1.165, 1.54) is 0 Å². The molecule has 0 aromatic carbocycles. The summed E-state index contributed by atoms with van der Waals surface area (Å²) < 4.78 is 0. The summed E-state index contributed by atoms with van der Waals surface area (Å²) in [6.07, 6.45) is 3.23. The number of likely N-dealkylation sites (N-methyl/N-ethyl adjacent to an activating group) is 1. The van der Waals surface area contributed by atoms with Crippen LogP contribution in [0.3, 0.4) is 0 Å². The first-order valence-electron chi connectivity index (χ1n) is 6.72. The van der Waals surface area contributed by atoms with Gasteiger partial charge in [0.2, 0.25) is 11.8 Å². The van der Waals surface area contributed by atoms with E-state index in [1.807, 2.05) is 20.8 Å². The van der Waals surface area contributed by atoms with E-state index in [9.17, 15) is 9.59 Å². The Morgan fingerprint density at radius 3 is 2.22 bits per heavy atom. The second kappa shape index (κ2) is 6.18. The third-order valence-corrected chi connectivity index (χ3v) is 3.65. The first kappa shape index (κ1) is 15.0. The summed E-state index contributed by atoms with van der Waals surface area (Å²) in [5.74, 6) is -0.209. The summed E-state index contributed by atoms with van der Waals surface area (Å²) in [5, 5.41) is 6.20. The van der Waals surface area contributed by atoms with E-state index in [4.69, 9.17) is 5.73 Å². The number of rotatable bonds is 5. The molecule has 0 heterocycles. The Bertz CT molecular complexity index is 307. The number of nitrogens with two attached hydrogens (primary N) is 1. The van der Waals surface area contributed by atoms with E-state index < -0.39 is 5.54 Å². The van der Waals surface area contributed by atoms with Gasteiger partial charge in [-0.15, -0.1) is 0 Å². The molecule has 5 nitrogen and oxygen atoms in total. The van der Waals surface area contributed by atoms with E-state index in [0.717, 1.165) is 32.2 Å². The second-order valence-electron chi connectivity index (χ2n) is 5.58. The van der Waals surface area contributed by atoms with Gasteiger partial charge >= 0.3 is 0 Å². The van der Waals surface area contributed by atoms with Crippen LogP contribution in [0.15, 0.2) is 0 Å². The van der Waals surface area contributed by atoms with Gasteiger partial charge in [-0.1, -0.05) is 6.92 Å². The molecule has 0 aromatic rings. The number of primary amides is 1. The summed E-state index contributed by atoms with van der Waals surface area (Å²) in [7, 11) is 0. The average Bonchev–Trinajstić information content (AvgIpc) is 2.29. The van der Waals surface area contributed by atoms with E-state index in [-0.39, 0.29) is 23.8 Å². The Morgan fingerprint density at radius 2 is 1.78 bits per heavy atom. The van der Waals surface area contributed by atoms with Crippen LogP contribution in [0.1, 0.15) is 46.5 Å². The first-order valence-corrected chi connectivity index (χ1v) is 6.72. The zero-order valence-corrected chi connectivity index (χ0v) is 11.6. The fourth-order valence-corrected chi connectivity index (χ4v) is 2.41. The van der Waals surface area contributed by atoms with E-state index >= 15 is 0 Å². The highest BCUT2D eigenvalue weighted by atomic mass is 16.2. The van der Waals surface area contributed by atoms with Crippen molar-refractivity contribution in [2.45, 2.75) is 58.0 Å². The maximum absolute atomic E-state index is 12.1. The fourth-order valence-electron chi connectivity index (χ4n) is 2.41. The molecule has 5 heteroatoms. The summed E-state index contributed by atoms with van der Waals surface area (Å²) in [5.41, 5.74) is 4.74. The Kier molecular flexibility index (Phi) is 5.14. The van der Waals surface area contributed by atoms with Crippen molar-refractivity contribution in [2.24, 2.45) is 11.7 Å². The van der Waals surface area contributed by atoms with E-state index in [1.54, 1.807) is 0 Å². The number of carbonyl (C=O) groups excluding carboxylic acids is 2. The molecule has 1 rings (SSSR count). The number of carbonyl (C=O) groups is 2. The highest BCUT2D eigenvalue weighted by Crippen LogP contribution is 2.24. The van der Waals surface area contributed by atoms with Gasteiger partial charge in [0, 0.05) is 12.0 Å². The molecule has 1 fully saturated rings. The molecule has 0 unspecified atom stereocenters. The molecule has 1 aliphatic carbocycles. The Balaban J connectivity index is 2.41. The molecule has 0 bridgehead atoms. The third-order valence-electron chi connectivity index (χ3n) is 3.65. The monoisotopic (exact) mass is 255 g/mol. The highest BCUT2D eigenvalue weighted by Gasteiger charge is 2.30.